The topological polar surface area (TPSA) is 215 Å². The Morgan fingerprint density at radius 3 is 2.27 bits per heavy atom. The number of hydrogen-bond donors (Lipinski definition) is 6. The molecule has 5 atom stereocenters. The molecule has 0 aliphatic carbocycles. The number of benzene rings is 3. The van der Waals surface area contributed by atoms with Gasteiger partial charge in [0, 0.05) is 17.7 Å². The summed E-state index contributed by atoms with van der Waals surface area (Å²) in [5, 5.41) is 61.6. The minimum absolute atomic E-state index is 0.0549. The molecular formula is C30H28O14. The molecule has 232 valence electrons. The fourth-order valence-corrected chi connectivity index (χ4v) is 4.63. The molecule has 0 unspecified atom stereocenters. The third kappa shape index (κ3) is 5.78. The van der Waals surface area contributed by atoms with Gasteiger partial charge in [-0.15, -0.1) is 0 Å². The molecule has 1 aliphatic heterocycles. The van der Waals surface area contributed by atoms with Crippen molar-refractivity contribution < 1.29 is 63.5 Å². The van der Waals surface area contributed by atoms with Crippen molar-refractivity contribution in [2.75, 3.05) is 20.8 Å². The second kappa shape index (κ2) is 12.3. The summed E-state index contributed by atoms with van der Waals surface area (Å²) in [6.07, 6.45) is -8.37. The van der Waals surface area contributed by atoms with Crippen molar-refractivity contribution in [1.29, 1.82) is 0 Å². The standard InChI is InChI=1S/C30H28O14/c1-39-19-9-14(5-8-16(19)32)18-10-17(33)23-20(42-18)11-21(28(40-2)25(23)35)43-30-27(37)26(36)24(34)22(44-30)12-41-29(38)13-3-6-15(31)7-4-13/h3-11,22,24,26-27,30-32,34-37H,12H2,1-2H3/t22-,24-,26+,27-,30-/m1/s1. The van der Waals surface area contributed by atoms with E-state index in [9.17, 15) is 40.2 Å². The molecule has 14 nitrogen and oxygen atoms in total. The first-order chi connectivity index (χ1) is 21.0. The van der Waals surface area contributed by atoms with Crippen molar-refractivity contribution >= 4 is 16.9 Å². The predicted octanol–water partition coefficient (Wildman–Crippen LogP) is 1.64. The van der Waals surface area contributed by atoms with Crippen LogP contribution in [0.2, 0.25) is 0 Å². The molecular weight excluding hydrogens is 584 g/mol. The van der Waals surface area contributed by atoms with Crippen LogP contribution in [0.25, 0.3) is 22.3 Å². The minimum atomic E-state index is -1.82. The van der Waals surface area contributed by atoms with Gasteiger partial charge < -0.3 is 58.7 Å². The van der Waals surface area contributed by atoms with Gasteiger partial charge in [0.15, 0.2) is 28.4 Å². The highest BCUT2D eigenvalue weighted by atomic mass is 16.7. The molecule has 0 amide bonds. The molecule has 5 rings (SSSR count). The van der Waals surface area contributed by atoms with Crippen LogP contribution in [0.3, 0.4) is 0 Å². The van der Waals surface area contributed by atoms with Crippen LogP contribution in [0.1, 0.15) is 10.4 Å². The van der Waals surface area contributed by atoms with Crippen LogP contribution < -0.4 is 19.6 Å². The van der Waals surface area contributed by atoms with E-state index < -0.39 is 54.5 Å². The van der Waals surface area contributed by atoms with E-state index in [2.05, 4.69) is 0 Å². The highest BCUT2D eigenvalue weighted by Gasteiger charge is 2.46. The van der Waals surface area contributed by atoms with Gasteiger partial charge in [-0.1, -0.05) is 0 Å². The van der Waals surface area contributed by atoms with Gasteiger partial charge in [-0.3, -0.25) is 4.79 Å². The number of carbonyl (C=O) groups excluding carboxylic acids is 1. The van der Waals surface area contributed by atoms with Crippen molar-refractivity contribution in [3.05, 3.63) is 70.4 Å². The molecule has 0 radical (unpaired) electrons. The maximum atomic E-state index is 13.0. The quantitative estimate of drug-likeness (QED) is 0.156. The van der Waals surface area contributed by atoms with Gasteiger partial charge in [-0.2, -0.15) is 0 Å². The lowest BCUT2D eigenvalue weighted by Crippen LogP contribution is -2.60. The lowest BCUT2D eigenvalue weighted by atomic mass is 9.99. The molecule has 44 heavy (non-hydrogen) atoms. The van der Waals surface area contributed by atoms with Crippen LogP contribution in [0.5, 0.6) is 34.5 Å². The van der Waals surface area contributed by atoms with Crippen molar-refractivity contribution in [3.63, 3.8) is 0 Å². The van der Waals surface area contributed by atoms with Crippen molar-refractivity contribution in [2.24, 2.45) is 0 Å². The Kier molecular flexibility index (Phi) is 8.51. The highest BCUT2D eigenvalue weighted by Crippen LogP contribution is 2.43. The predicted molar refractivity (Wildman–Crippen MR) is 150 cm³/mol. The number of carbonyl (C=O) groups is 1. The van der Waals surface area contributed by atoms with Crippen LogP contribution in [0.15, 0.2) is 63.8 Å². The number of rotatable bonds is 8. The SMILES string of the molecule is COc1cc(-c2cc(=O)c3c(O)c(OC)c(O[C@@H]4O[C@H](COC(=O)c5ccc(O)cc5)[C@@H](O)[C@H](O)[C@H]4O)cc3o2)ccc1O. The second-order valence-electron chi connectivity index (χ2n) is 9.77. The van der Waals surface area contributed by atoms with Crippen LogP contribution >= 0.6 is 0 Å². The van der Waals surface area contributed by atoms with E-state index >= 15 is 0 Å². The summed E-state index contributed by atoms with van der Waals surface area (Å²) in [5.74, 6) is -2.06. The second-order valence-corrected chi connectivity index (χ2v) is 9.77. The van der Waals surface area contributed by atoms with Gasteiger partial charge in [0.2, 0.25) is 12.0 Å². The Balaban J connectivity index is 1.44. The van der Waals surface area contributed by atoms with Gasteiger partial charge in [-0.05, 0) is 42.5 Å². The van der Waals surface area contributed by atoms with Crippen LogP contribution in [-0.2, 0) is 9.47 Å². The fraction of sp³-hybridized carbons (Fsp3) is 0.267. The van der Waals surface area contributed by atoms with E-state index in [1.165, 1.54) is 62.8 Å². The molecule has 0 bridgehead atoms. The highest BCUT2D eigenvalue weighted by molar-refractivity contribution is 5.90. The molecule has 1 aliphatic rings. The molecule has 2 heterocycles. The zero-order chi connectivity index (χ0) is 31.7. The Morgan fingerprint density at radius 1 is 0.864 bits per heavy atom. The van der Waals surface area contributed by atoms with Gasteiger partial charge in [-0.25, -0.2) is 4.79 Å². The Bertz CT molecular complexity index is 1730. The number of aromatic hydroxyl groups is 3. The lowest BCUT2D eigenvalue weighted by Gasteiger charge is -2.40. The zero-order valence-electron chi connectivity index (χ0n) is 23.2. The summed E-state index contributed by atoms with van der Waals surface area (Å²) in [7, 11) is 2.54. The molecule has 0 spiro atoms. The lowest BCUT2D eigenvalue weighted by molar-refractivity contribution is -0.277. The molecule has 0 saturated carbocycles. The number of methoxy groups -OCH3 is 2. The summed E-state index contributed by atoms with van der Waals surface area (Å²) < 4.78 is 32.8. The number of ether oxygens (including phenoxy) is 5. The largest absolute Gasteiger partial charge is 0.508 e. The Morgan fingerprint density at radius 2 is 1.59 bits per heavy atom. The average Bonchev–Trinajstić information content (AvgIpc) is 3.01. The molecule has 3 aromatic carbocycles. The molecule has 1 aromatic heterocycles. The van der Waals surface area contributed by atoms with E-state index in [1.54, 1.807) is 0 Å². The van der Waals surface area contributed by atoms with Gasteiger partial charge in [0.25, 0.3) is 0 Å². The molecule has 1 fully saturated rings. The first kappa shape index (κ1) is 30.4. The van der Waals surface area contributed by atoms with Crippen molar-refractivity contribution in [3.8, 4) is 45.8 Å². The number of aliphatic hydroxyl groups excluding tert-OH is 3. The molecule has 14 heteroatoms. The fourth-order valence-electron chi connectivity index (χ4n) is 4.63. The van der Waals surface area contributed by atoms with E-state index in [4.69, 9.17) is 28.1 Å². The normalized spacial score (nSPS) is 21.5. The number of esters is 1. The van der Waals surface area contributed by atoms with E-state index in [1.807, 2.05) is 0 Å². The number of phenolic OH excluding ortho intramolecular Hbond substituents is 3. The summed E-state index contributed by atoms with van der Waals surface area (Å²) >= 11 is 0. The van der Waals surface area contributed by atoms with E-state index in [-0.39, 0.29) is 51.0 Å². The van der Waals surface area contributed by atoms with Crippen LogP contribution in [0, 0.1) is 0 Å². The Hall–Kier alpha value is -5.02. The van der Waals surface area contributed by atoms with Gasteiger partial charge in [0.05, 0.1) is 19.8 Å². The monoisotopic (exact) mass is 612 g/mol. The molecule has 6 N–H and O–H groups in total. The zero-order valence-corrected chi connectivity index (χ0v) is 23.2. The van der Waals surface area contributed by atoms with E-state index in [0.29, 0.717) is 5.56 Å². The molecule has 4 aromatic rings. The van der Waals surface area contributed by atoms with Crippen molar-refractivity contribution in [2.45, 2.75) is 30.7 Å². The van der Waals surface area contributed by atoms with Gasteiger partial charge in [0.1, 0.15) is 53.5 Å². The summed E-state index contributed by atoms with van der Waals surface area (Å²) in [6.45, 7) is -0.557. The average molecular weight is 613 g/mol. The third-order valence-corrected chi connectivity index (χ3v) is 6.97. The maximum absolute atomic E-state index is 13.0. The third-order valence-electron chi connectivity index (χ3n) is 6.97. The van der Waals surface area contributed by atoms with Crippen molar-refractivity contribution in [1.82, 2.24) is 0 Å². The number of phenols is 3. The van der Waals surface area contributed by atoms with Crippen LogP contribution in [0.4, 0.5) is 0 Å². The summed E-state index contributed by atoms with van der Waals surface area (Å²) in [6, 6.07) is 11.8. The summed E-state index contributed by atoms with van der Waals surface area (Å²) in [5.41, 5.74) is -0.328. The first-order valence-corrected chi connectivity index (χ1v) is 13.1. The minimum Gasteiger partial charge on any atom is -0.508 e. The maximum Gasteiger partial charge on any atom is 0.338 e. The number of aliphatic hydroxyl groups is 3. The van der Waals surface area contributed by atoms with E-state index in [0.717, 1.165) is 6.07 Å². The van der Waals surface area contributed by atoms with Crippen LogP contribution in [-0.4, -0.2) is 88.1 Å². The first-order valence-electron chi connectivity index (χ1n) is 13.1. The van der Waals surface area contributed by atoms with Gasteiger partial charge >= 0.3 is 5.97 Å². The number of hydrogen-bond acceptors (Lipinski definition) is 14. The summed E-state index contributed by atoms with van der Waals surface area (Å²) in [4.78, 5) is 25.4. The number of fused-ring (bicyclic) bond motifs is 1. The smallest absolute Gasteiger partial charge is 0.338 e. The molecule has 1 saturated heterocycles. The Labute approximate surface area is 248 Å².